The van der Waals surface area contributed by atoms with Crippen LogP contribution in [-0.2, 0) is 0 Å². The Kier molecular flexibility index (Phi) is 6.00. The van der Waals surface area contributed by atoms with Crippen molar-refractivity contribution in [1.82, 2.24) is 15.2 Å². The Morgan fingerprint density at radius 2 is 2.05 bits per heavy atom. The number of likely N-dealkylation sites (tertiary alicyclic amines) is 1. The molecule has 1 aliphatic rings. The third-order valence-corrected chi connectivity index (χ3v) is 5.15. The first-order valence-corrected chi connectivity index (χ1v) is 8.84. The Morgan fingerprint density at radius 3 is 2.60 bits per heavy atom. The number of unbranched alkanes of at least 4 members (excludes halogenated alkanes) is 1. The maximum absolute atomic E-state index is 4.68. The molecule has 114 valence electrons. The Labute approximate surface area is 127 Å². The summed E-state index contributed by atoms with van der Waals surface area (Å²) in [5, 5.41) is 4.96. The van der Waals surface area contributed by atoms with Crippen molar-refractivity contribution in [3.8, 4) is 0 Å². The van der Waals surface area contributed by atoms with Gasteiger partial charge >= 0.3 is 0 Å². The van der Waals surface area contributed by atoms with Crippen LogP contribution in [0.25, 0.3) is 0 Å². The zero-order valence-corrected chi connectivity index (χ0v) is 14.2. The van der Waals surface area contributed by atoms with Crippen molar-refractivity contribution < 1.29 is 0 Å². The predicted molar refractivity (Wildman–Crippen MR) is 87.5 cm³/mol. The molecule has 1 fully saturated rings. The SMILES string of the molecule is CCCCN1CCC(NC(C)c2nc(C)sc2C)CC1. The van der Waals surface area contributed by atoms with Gasteiger partial charge in [0.2, 0.25) is 0 Å². The lowest BCUT2D eigenvalue weighted by atomic mass is 10.0. The first-order chi connectivity index (χ1) is 9.60. The van der Waals surface area contributed by atoms with Crippen molar-refractivity contribution in [2.24, 2.45) is 0 Å². The number of aryl methyl sites for hydroxylation is 2. The Morgan fingerprint density at radius 1 is 1.35 bits per heavy atom. The van der Waals surface area contributed by atoms with Crippen LogP contribution in [0.5, 0.6) is 0 Å². The van der Waals surface area contributed by atoms with Crippen LogP contribution in [0.3, 0.4) is 0 Å². The van der Waals surface area contributed by atoms with E-state index < -0.39 is 0 Å². The van der Waals surface area contributed by atoms with Crippen molar-refractivity contribution in [2.75, 3.05) is 19.6 Å². The molecule has 0 aromatic carbocycles. The van der Waals surface area contributed by atoms with Crippen molar-refractivity contribution in [3.05, 3.63) is 15.6 Å². The Balaban J connectivity index is 1.79. The van der Waals surface area contributed by atoms with Gasteiger partial charge in [-0.15, -0.1) is 11.3 Å². The van der Waals surface area contributed by atoms with Gasteiger partial charge in [0, 0.05) is 17.0 Å². The molecule has 1 unspecified atom stereocenters. The van der Waals surface area contributed by atoms with E-state index in [1.807, 2.05) is 11.3 Å². The van der Waals surface area contributed by atoms with Crippen molar-refractivity contribution in [3.63, 3.8) is 0 Å². The molecule has 0 bridgehead atoms. The minimum atomic E-state index is 0.382. The lowest BCUT2D eigenvalue weighted by molar-refractivity contribution is 0.189. The molecule has 0 radical (unpaired) electrons. The van der Waals surface area contributed by atoms with E-state index in [4.69, 9.17) is 0 Å². The highest BCUT2D eigenvalue weighted by atomic mass is 32.1. The molecule has 2 heterocycles. The van der Waals surface area contributed by atoms with Crippen molar-refractivity contribution >= 4 is 11.3 Å². The second kappa shape index (κ2) is 7.53. The maximum atomic E-state index is 4.68. The molecule has 0 spiro atoms. The van der Waals surface area contributed by atoms with E-state index in [-0.39, 0.29) is 0 Å². The Hall–Kier alpha value is -0.450. The maximum Gasteiger partial charge on any atom is 0.0900 e. The van der Waals surface area contributed by atoms with Gasteiger partial charge in [0.15, 0.2) is 0 Å². The van der Waals surface area contributed by atoms with Gasteiger partial charge in [-0.25, -0.2) is 4.98 Å². The summed E-state index contributed by atoms with van der Waals surface area (Å²) < 4.78 is 0. The number of rotatable bonds is 6. The quantitative estimate of drug-likeness (QED) is 0.868. The summed E-state index contributed by atoms with van der Waals surface area (Å²) >= 11 is 1.81. The van der Waals surface area contributed by atoms with E-state index in [0.29, 0.717) is 12.1 Å². The normalized spacial score (nSPS) is 19.4. The first-order valence-electron chi connectivity index (χ1n) is 8.02. The molecule has 3 nitrogen and oxygen atoms in total. The second-order valence-corrected chi connectivity index (χ2v) is 7.44. The summed E-state index contributed by atoms with van der Waals surface area (Å²) in [6.07, 6.45) is 5.19. The van der Waals surface area contributed by atoms with Crippen LogP contribution in [0.4, 0.5) is 0 Å². The smallest absolute Gasteiger partial charge is 0.0900 e. The van der Waals surface area contributed by atoms with Crippen LogP contribution in [0.1, 0.15) is 61.2 Å². The van der Waals surface area contributed by atoms with Gasteiger partial charge in [-0.1, -0.05) is 13.3 Å². The zero-order valence-electron chi connectivity index (χ0n) is 13.4. The van der Waals surface area contributed by atoms with Crippen LogP contribution in [0.15, 0.2) is 0 Å². The van der Waals surface area contributed by atoms with Gasteiger partial charge in [-0.3, -0.25) is 0 Å². The fourth-order valence-corrected chi connectivity index (χ4v) is 4.00. The van der Waals surface area contributed by atoms with Crippen LogP contribution in [-0.4, -0.2) is 35.6 Å². The van der Waals surface area contributed by atoms with E-state index in [0.717, 1.165) is 0 Å². The molecule has 0 amide bonds. The molecule has 0 saturated carbocycles. The lowest BCUT2D eigenvalue weighted by Crippen LogP contribution is -2.43. The Bertz CT molecular complexity index is 408. The molecule has 1 aromatic heterocycles. The predicted octanol–water partition coefficient (Wildman–Crippen LogP) is 3.68. The number of thiazole rings is 1. The van der Waals surface area contributed by atoms with Gasteiger partial charge in [-0.05, 0) is 59.7 Å². The van der Waals surface area contributed by atoms with Gasteiger partial charge in [-0.2, -0.15) is 0 Å². The van der Waals surface area contributed by atoms with E-state index in [9.17, 15) is 0 Å². The highest BCUT2D eigenvalue weighted by Crippen LogP contribution is 2.24. The van der Waals surface area contributed by atoms with Gasteiger partial charge in [0.05, 0.1) is 10.7 Å². The van der Waals surface area contributed by atoms with Crippen LogP contribution >= 0.6 is 11.3 Å². The third kappa shape index (κ3) is 4.27. The summed E-state index contributed by atoms with van der Waals surface area (Å²) in [6, 6.07) is 1.04. The summed E-state index contributed by atoms with van der Waals surface area (Å²) in [7, 11) is 0. The molecule has 0 aliphatic carbocycles. The molecule has 1 atom stereocenters. The zero-order chi connectivity index (χ0) is 14.5. The topological polar surface area (TPSA) is 28.2 Å². The monoisotopic (exact) mass is 295 g/mol. The molecular formula is C16H29N3S. The highest BCUT2D eigenvalue weighted by molar-refractivity contribution is 7.11. The molecule has 1 saturated heterocycles. The number of nitrogens with one attached hydrogen (secondary N) is 1. The number of aromatic nitrogens is 1. The summed E-state index contributed by atoms with van der Waals surface area (Å²) in [5.41, 5.74) is 1.25. The van der Waals surface area contributed by atoms with E-state index >= 15 is 0 Å². The van der Waals surface area contributed by atoms with Gasteiger partial charge in [0.1, 0.15) is 0 Å². The first kappa shape index (κ1) is 15.9. The lowest BCUT2D eigenvalue weighted by Gasteiger charge is -2.33. The number of nitrogens with zero attached hydrogens (tertiary/aromatic N) is 2. The minimum absolute atomic E-state index is 0.382. The summed E-state index contributed by atoms with van der Waals surface area (Å²) in [4.78, 5) is 8.66. The highest BCUT2D eigenvalue weighted by Gasteiger charge is 2.22. The third-order valence-electron chi connectivity index (χ3n) is 4.25. The fraction of sp³-hybridized carbons (Fsp3) is 0.812. The number of piperidine rings is 1. The fourth-order valence-electron chi connectivity index (χ4n) is 3.08. The summed E-state index contributed by atoms with van der Waals surface area (Å²) in [6.45, 7) is 12.6. The number of hydrogen-bond acceptors (Lipinski definition) is 4. The molecule has 20 heavy (non-hydrogen) atoms. The molecule has 4 heteroatoms. The average molecular weight is 295 g/mol. The number of hydrogen-bond donors (Lipinski definition) is 1. The van der Waals surface area contributed by atoms with E-state index in [1.54, 1.807) is 0 Å². The molecular weight excluding hydrogens is 266 g/mol. The van der Waals surface area contributed by atoms with E-state index in [1.165, 1.54) is 60.9 Å². The second-order valence-electron chi connectivity index (χ2n) is 6.03. The van der Waals surface area contributed by atoms with Crippen LogP contribution < -0.4 is 5.32 Å². The minimum Gasteiger partial charge on any atom is -0.306 e. The summed E-state index contributed by atoms with van der Waals surface area (Å²) in [5.74, 6) is 0. The largest absolute Gasteiger partial charge is 0.306 e. The van der Waals surface area contributed by atoms with Gasteiger partial charge < -0.3 is 10.2 Å². The standard InChI is InChI=1S/C16H29N3S/c1-5-6-9-19-10-7-15(8-11-19)17-12(2)16-13(3)20-14(4)18-16/h12,15,17H,5-11H2,1-4H3. The van der Waals surface area contributed by atoms with E-state index in [2.05, 4.69) is 42.9 Å². The molecule has 1 N–H and O–H groups in total. The van der Waals surface area contributed by atoms with Crippen LogP contribution in [0.2, 0.25) is 0 Å². The molecule has 2 rings (SSSR count). The van der Waals surface area contributed by atoms with Crippen molar-refractivity contribution in [1.29, 1.82) is 0 Å². The van der Waals surface area contributed by atoms with Crippen LogP contribution in [0, 0.1) is 13.8 Å². The van der Waals surface area contributed by atoms with Crippen molar-refractivity contribution in [2.45, 2.75) is 65.5 Å². The molecule has 1 aliphatic heterocycles. The molecule has 1 aromatic rings. The average Bonchev–Trinajstić information content (AvgIpc) is 2.77. The van der Waals surface area contributed by atoms with Gasteiger partial charge in [0.25, 0.3) is 0 Å².